The topological polar surface area (TPSA) is 99.3 Å². The molecule has 0 aromatic heterocycles. The summed E-state index contributed by atoms with van der Waals surface area (Å²) in [5.41, 5.74) is -1.88. The number of aliphatic carboxylic acids is 2. The van der Waals surface area contributed by atoms with Crippen LogP contribution in [0.1, 0.15) is 13.8 Å². The van der Waals surface area contributed by atoms with Crippen LogP contribution >= 0.6 is 0 Å². The van der Waals surface area contributed by atoms with Crippen molar-refractivity contribution in [1.82, 2.24) is 0 Å². The largest absolute Gasteiger partial charge is 0.479 e. The zero-order valence-corrected chi connectivity index (χ0v) is 7.11. The minimum Gasteiger partial charge on any atom is -0.479 e. The molecule has 0 aliphatic carbocycles. The second-order valence-corrected chi connectivity index (χ2v) is 2.84. The Hall–Kier alpha value is -1.72. The minimum absolute atomic E-state index is 0.136. The number of hydrogen-bond donors (Lipinski definition) is 2. The third-order valence-corrected chi connectivity index (χ3v) is 1.88. The standard InChI is InChI=1S/C7H8N2O4/c1-3-4(5(10)11)7(2,6(12)13)9-8-3/h1-2H3,(H,10,11)(H,12,13). The fraction of sp³-hybridized carbons (Fsp3) is 0.429. The zero-order chi connectivity index (χ0) is 10.2. The molecule has 2 N–H and O–H groups in total. The Kier molecular flexibility index (Phi) is 1.91. The van der Waals surface area contributed by atoms with Crippen molar-refractivity contribution in [3.05, 3.63) is 11.3 Å². The van der Waals surface area contributed by atoms with E-state index in [-0.39, 0.29) is 11.3 Å². The molecular weight excluding hydrogens is 176 g/mol. The van der Waals surface area contributed by atoms with Crippen molar-refractivity contribution in [3.63, 3.8) is 0 Å². The lowest BCUT2D eigenvalue weighted by Gasteiger charge is -2.14. The van der Waals surface area contributed by atoms with Crippen LogP contribution in [-0.2, 0) is 9.59 Å². The van der Waals surface area contributed by atoms with Crippen LogP contribution in [0.3, 0.4) is 0 Å². The molecule has 1 aliphatic heterocycles. The molecule has 1 unspecified atom stereocenters. The summed E-state index contributed by atoms with van der Waals surface area (Å²) in [5.74, 6) is -2.61. The van der Waals surface area contributed by atoms with Crippen molar-refractivity contribution in [2.45, 2.75) is 19.4 Å². The smallest absolute Gasteiger partial charge is 0.338 e. The van der Waals surface area contributed by atoms with Gasteiger partial charge in [0.1, 0.15) is 5.57 Å². The summed E-state index contributed by atoms with van der Waals surface area (Å²) in [4.78, 5) is 21.4. The van der Waals surface area contributed by atoms with Gasteiger partial charge in [-0.3, -0.25) is 0 Å². The van der Waals surface area contributed by atoms with Gasteiger partial charge in [-0.25, -0.2) is 9.59 Å². The lowest BCUT2D eigenvalue weighted by Crippen LogP contribution is -2.36. The van der Waals surface area contributed by atoms with Gasteiger partial charge in [0, 0.05) is 0 Å². The van der Waals surface area contributed by atoms with Gasteiger partial charge in [-0.05, 0) is 13.8 Å². The highest BCUT2D eigenvalue weighted by atomic mass is 16.4. The lowest BCUT2D eigenvalue weighted by atomic mass is 9.92. The molecule has 0 bridgehead atoms. The first kappa shape index (κ1) is 9.37. The maximum atomic E-state index is 10.7. The third-order valence-electron chi connectivity index (χ3n) is 1.88. The summed E-state index contributed by atoms with van der Waals surface area (Å²) in [6.45, 7) is 2.62. The van der Waals surface area contributed by atoms with Gasteiger partial charge in [-0.1, -0.05) is 0 Å². The van der Waals surface area contributed by atoms with Crippen molar-refractivity contribution >= 4 is 11.9 Å². The van der Waals surface area contributed by atoms with Crippen molar-refractivity contribution in [3.8, 4) is 0 Å². The van der Waals surface area contributed by atoms with Gasteiger partial charge in [-0.2, -0.15) is 10.2 Å². The summed E-state index contributed by atoms with van der Waals surface area (Å²) in [7, 11) is 0. The number of carbonyl (C=O) groups is 2. The van der Waals surface area contributed by atoms with E-state index in [0.717, 1.165) is 0 Å². The molecule has 13 heavy (non-hydrogen) atoms. The van der Waals surface area contributed by atoms with Crippen molar-refractivity contribution in [2.24, 2.45) is 10.2 Å². The van der Waals surface area contributed by atoms with E-state index in [1.165, 1.54) is 13.8 Å². The quantitative estimate of drug-likeness (QED) is 0.658. The maximum absolute atomic E-state index is 10.7. The Balaban J connectivity index is 3.26. The summed E-state index contributed by atoms with van der Waals surface area (Å²) < 4.78 is 0. The average Bonchev–Trinajstić information content (AvgIpc) is 2.28. The third kappa shape index (κ3) is 1.20. The molecule has 0 aromatic carbocycles. The van der Waals surface area contributed by atoms with Gasteiger partial charge in [-0.15, -0.1) is 0 Å². The van der Waals surface area contributed by atoms with Gasteiger partial charge < -0.3 is 10.2 Å². The zero-order valence-electron chi connectivity index (χ0n) is 7.11. The number of carboxylic acids is 2. The summed E-state index contributed by atoms with van der Waals surface area (Å²) in [6.07, 6.45) is 0. The first-order valence-corrected chi connectivity index (χ1v) is 3.50. The lowest BCUT2D eigenvalue weighted by molar-refractivity contribution is -0.144. The fourth-order valence-electron chi connectivity index (χ4n) is 1.14. The van der Waals surface area contributed by atoms with Gasteiger partial charge >= 0.3 is 11.9 Å². The molecule has 0 aromatic rings. The van der Waals surface area contributed by atoms with Gasteiger partial charge in [0.2, 0.25) is 5.54 Å². The molecule has 6 heteroatoms. The average molecular weight is 184 g/mol. The van der Waals surface area contributed by atoms with Crippen LogP contribution in [0.4, 0.5) is 0 Å². The van der Waals surface area contributed by atoms with Crippen LogP contribution in [-0.4, -0.2) is 27.7 Å². The molecule has 1 rings (SSSR count). The second kappa shape index (κ2) is 2.65. The first-order chi connectivity index (χ1) is 5.89. The Morgan fingerprint density at radius 2 is 1.92 bits per heavy atom. The summed E-state index contributed by atoms with van der Waals surface area (Å²) >= 11 is 0. The summed E-state index contributed by atoms with van der Waals surface area (Å²) in [5, 5.41) is 24.4. The van der Waals surface area contributed by atoms with Crippen molar-refractivity contribution in [1.29, 1.82) is 0 Å². The fourth-order valence-corrected chi connectivity index (χ4v) is 1.14. The molecule has 0 fully saturated rings. The van der Waals surface area contributed by atoms with E-state index < -0.39 is 17.5 Å². The van der Waals surface area contributed by atoms with E-state index in [1.807, 2.05) is 0 Å². The van der Waals surface area contributed by atoms with Crippen LogP contribution in [0.15, 0.2) is 21.5 Å². The van der Waals surface area contributed by atoms with E-state index in [4.69, 9.17) is 10.2 Å². The maximum Gasteiger partial charge on any atom is 0.338 e. The Bertz CT molecular complexity index is 344. The highest BCUT2D eigenvalue weighted by Gasteiger charge is 2.46. The molecule has 0 spiro atoms. The monoisotopic (exact) mass is 184 g/mol. The predicted octanol–water partition coefficient (Wildman–Crippen LogP) is 0.654. The summed E-state index contributed by atoms with van der Waals surface area (Å²) in [6, 6.07) is 0. The van der Waals surface area contributed by atoms with Crippen LogP contribution in [0, 0.1) is 0 Å². The van der Waals surface area contributed by atoms with Crippen molar-refractivity contribution < 1.29 is 19.8 Å². The molecule has 1 aliphatic rings. The van der Waals surface area contributed by atoms with Crippen LogP contribution in [0.2, 0.25) is 0 Å². The van der Waals surface area contributed by atoms with Crippen LogP contribution < -0.4 is 0 Å². The van der Waals surface area contributed by atoms with Crippen molar-refractivity contribution in [2.75, 3.05) is 0 Å². The molecule has 0 saturated heterocycles. The van der Waals surface area contributed by atoms with E-state index in [2.05, 4.69) is 10.2 Å². The normalized spacial score (nSPS) is 26.6. The SMILES string of the molecule is CC1=C(C(=O)O)C(C)(C(=O)O)N=N1. The number of rotatable bonds is 2. The Labute approximate surface area is 73.6 Å². The highest BCUT2D eigenvalue weighted by molar-refractivity contribution is 6.00. The number of carboxylic acid groups (broad SMARTS) is 2. The van der Waals surface area contributed by atoms with Gasteiger partial charge in [0.05, 0.1) is 5.70 Å². The number of nitrogens with zero attached hydrogens (tertiary/aromatic N) is 2. The molecule has 1 heterocycles. The Morgan fingerprint density at radius 1 is 1.38 bits per heavy atom. The van der Waals surface area contributed by atoms with Gasteiger partial charge in [0.25, 0.3) is 0 Å². The molecule has 1 atom stereocenters. The number of hydrogen-bond acceptors (Lipinski definition) is 4. The van der Waals surface area contributed by atoms with E-state index >= 15 is 0 Å². The molecule has 0 amide bonds. The Morgan fingerprint density at radius 3 is 2.23 bits per heavy atom. The van der Waals surface area contributed by atoms with E-state index in [0.29, 0.717) is 0 Å². The predicted molar refractivity (Wildman–Crippen MR) is 41.2 cm³/mol. The molecule has 0 radical (unpaired) electrons. The van der Waals surface area contributed by atoms with E-state index in [1.54, 1.807) is 0 Å². The number of allylic oxidation sites excluding steroid dienone is 1. The molecule has 70 valence electrons. The highest BCUT2D eigenvalue weighted by Crippen LogP contribution is 2.32. The van der Waals surface area contributed by atoms with Crippen LogP contribution in [0.5, 0.6) is 0 Å². The minimum atomic E-state index is -1.74. The molecule has 6 nitrogen and oxygen atoms in total. The second-order valence-electron chi connectivity index (χ2n) is 2.84. The van der Waals surface area contributed by atoms with E-state index in [9.17, 15) is 9.59 Å². The van der Waals surface area contributed by atoms with Gasteiger partial charge in [0.15, 0.2) is 0 Å². The number of azo groups is 1. The molecule has 0 saturated carbocycles. The first-order valence-electron chi connectivity index (χ1n) is 3.50. The van der Waals surface area contributed by atoms with Crippen LogP contribution in [0.25, 0.3) is 0 Å². The molecular formula is C7H8N2O4.